The predicted octanol–water partition coefficient (Wildman–Crippen LogP) is 2.18. The maximum Gasteiger partial charge on any atom is 0.312 e. The van der Waals surface area contributed by atoms with Gasteiger partial charge in [0.25, 0.3) is 0 Å². The Morgan fingerprint density at radius 1 is 1.65 bits per heavy atom. The number of hydrogen-bond acceptors (Lipinski definition) is 5. The van der Waals surface area contributed by atoms with Crippen LogP contribution in [0.2, 0.25) is 0 Å². The summed E-state index contributed by atoms with van der Waals surface area (Å²) in [6.07, 6.45) is 1.48. The van der Waals surface area contributed by atoms with E-state index in [4.69, 9.17) is 0 Å². The van der Waals surface area contributed by atoms with Gasteiger partial charge in [0.05, 0.1) is 17.6 Å². The van der Waals surface area contributed by atoms with E-state index in [0.29, 0.717) is 4.47 Å². The zero-order valence-corrected chi connectivity index (χ0v) is 11.1. The topological polar surface area (TPSA) is 88.3 Å². The monoisotopic (exact) mass is 303 g/mol. The van der Waals surface area contributed by atoms with Gasteiger partial charge in [-0.2, -0.15) is 0 Å². The third-order valence-electron chi connectivity index (χ3n) is 2.35. The van der Waals surface area contributed by atoms with E-state index >= 15 is 0 Å². The summed E-state index contributed by atoms with van der Waals surface area (Å²) in [5.41, 5.74) is -0.113. The normalized spacial score (nSPS) is 12.5. The van der Waals surface area contributed by atoms with Gasteiger partial charge in [0, 0.05) is 16.7 Å². The zero-order chi connectivity index (χ0) is 13.0. The highest BCUT2D eigenvalue weighted by Crippen LogP contribution is 2.26. The fourth-order valence-corrected chi connectivity index (χ4v) is 1.60. The average Bonchev–Trinajstić information content (AvgIpc) is 2.26. The van der Waals surface area contributed by atoms with Gasteiger partial charge in [-0.15, -0.1) is 0 Å². The van der Waals surface area contributed by atoms with Gasteiger partial charge in [0.15, 0.2) is 0 Å². The second-order valence-electron chi connectivity index (χ2n) is 3.96. The lowest BCUT2D eigenvalue weighted by Crippen LogP contribution is -2.30. The summed E-state index contributed by atoms with van der Waals surface area (Å²) in [7, 11) is 0. The molecule has 0 spiro atoms. The molecule has 0 radical (unpaired) electrons. The Hall–Kier alpha value is -1.21. The van der Waals surface area contributed by atoms with Gasteiger partial charge in [-0.05, 0) is 21.8 Å². The van der Waals surface area contributed by atoms with Gasteiger partial charge < -0.3 is 10.4 Å². The molecule has 1 heterocycles. The quantitative estimate of drug-likeness (QED) is 0.643. The molecule has 0 aliphatic heterocycles. The Labute approximate surface area is 107 Å². The zero-order valence-electron chi connectivity index (χ0n) is 9.55. The Kier molecular flexibility index (Phi) is 4.83. The summed E-state index contributed by atoms with van der Waals surface area (Å²) in [4.78, 5) is 14.3. The molecule has 94 valence electrons. The van der Waals surface area contributed by atoms with E-state index < -0.39 is 4.92 Å². The molecule has 1 rings (SSSR count). The number of halogens is 1. The summed E-state index contributed by atoms with van der Waals surface area (Å²) in [5.74, 6) is 0.316. The van der Waals surface area contributed by atoms with Gasteiger partial charge >= 0.3 is 5.69 Å². The van der Waals surface area contributed by atoms with Crippen LogP contribution in [0.25, 0.3) is 0 Å². The van der Waals surface area contributed by atoms with Crippen molar-refractivity contribution in [2.24, 2.45) is 5.92 Å². The molecule has 1 aromatic rings. The lowest BCUT2D eigenvalue weighted by molar-refractivity contribution is -0.384. The largest absolute Gasteiger partial charge is 0.394 e. The van der Waals surface area contributed by atoms with Gasteiger partial charge in [0.2, 0.25) is 5.82 Å². The van der Waals surface area contributed by atoms with E-state index in [-0.39, 0.29) is 30.1 Å². The fraction of sp³-hybridized carbons (Fsp3) is 0.500. The number of hydrogen-bond donors (Lipinski definition) is 2. The number of nitrogens with one attached hydrogen (secondary N) is 1. The van der Waals surface area contributed by atoms with E-state index in [2.05, 4.69) is 26.2 Å². The van der Waals surface area contributed by atoms with E-state index in [9.17, 15) is 15.2 Å². The molecule has 7 heteroatoms. The fourth-order valence-electron chi connectivity index (χ4n) is 1.28. The second-order valence-corrected chi connectivity index (χ2v) is 4.87. The molecule has 1 unspecified atom stereocenters. The molecule has 0 amide bonds. The maximum absolute atomic E-state index is 10.9. The number of aliphatic hydroxyl groups is 1. The van der Waals surface area contributed by atoms with Crippen molar-refractivity contribution in [1.29, 1.82) is 0 Å². The summed E-state index contributed by atoms with van der Waals surface area (Å²) in [6, 6.07) is 1.12. The van der Waals surface area contributed by atoms with Crippen LogP contribution in [0, 0.1) is 16.0 Å². The standard InChI is InChI=1S/C10H14BrN3O3/c1-6(2)8(5-15)13-10-9(14(16)17)3-7(11)4-12-10/h3-4,6,8,15H,5H2,1-2H3,(H,12,13). The SMILES string of the molecule is CC(C)C(CO)Nc1ncc(Br)cc1[N+](=O)[O-]. The molecule has 17 heavy (non-hydrogen) atoms. The second kappa shape index (κ2) is 5.92. The number of rotatable bonds is 5. The third kappa shape index (κ3) is 3.64. The van der Waals surface area contributed by atoms with Crippen molar-refractivity contribution in [2.75, 3.05) is 11.9 Å². The molecule has 2 N–H and O–H groups in total. The Morgan fingerprint density at radius 2 is 2.29 bits per heavy atom. The number of nitrogens with zero attached hydrogens (tertiary/aromatic N) is 2. The number of anilines is 1. The summed E-state index contributed by atoms with van der Waals surface area (Å²) in [6.45, 7) is 3.73. The Morgan fingerprint density at radius 3 is 2.76 bits per heavy atom. The van der Waals surface area contributed by atoms with Crippen molar-refractivity contribution in [3.05, 3.63) is 26.9 Å². The Balaban J connectivity index is 3.01. The molecule has 1 atom stereocenters. The molecule has 0 aromatic carbocycles. The van der Waals surface area contributed by atoms with Gasteiger partial charge in [-0.3, -0.25) is 10.1 Å². The van der Waals surface area contributed by atoms with Crippen molar-refractivity contribution in [3.8, 4) is 0 Å². The van der Waals surface area contributed by atoms with Crippen LogP contribution in [-0.2, 0) is 0 Å². The van der Waals surface area contributed by atoms with Crippen molar-refractivity contribution < 1.29 is 10.0 Å². The molecule has 6 nitrogen and oxygen atoms in total. The minimum absolute atomic E-state index is 0.105. The molecule has 0 saturated carbocycles. The van der Waals surface area contributed by atoms with Gasteiger partial charge in [0.1, 0.15) is 0 Å². The van der Waals surface area contributed by atoms with Crippen LogP contribution < -0.4 is 5.32 Å². The van der Waals surface area contributed by atoms with Crippen molar-refractivity contribution in [3.63, 3.8) is 0 Å². The van der Waals surface area contributed by atoms with E-state index in [0.717, 1.165) is 0 Å². The van der Waals surface area contributed by atoms with Crippen LogP contribution in [-0.4, -0.2) is 27.7 Å². The molecule has 0 aliphatic rings. The highest BCUT2D eigenvalue weighted by atomic mass is 79.9. The van der Waals surface area contributed by atoms with Crippen LogP contribution >= 0.6 is 15.9 Å². The summed E-state index contributed by atoms with van der Waals surface area (Å²) < 4.78 is 0.542. The van der Waals surface area contributed by atoms with E-state index in [1.165, 1.54) is 12.3 Å². The molecular formula is C10H14BrN3O3. The predicted molar refractivity (Wildman–Crippen MR) is 67.9 cm³/mol. The molecule has 1 aromatic heterocycles. The van der Waals surface area contributed by atoms with Gasteiger partial charge in [-0.1, -0.05) is 13.8 Å². The van der Waals surface area contributed by atoms with Crippen molar-refractivity contribution >= 4 is 27.4 Å². The number of nitro groups is 1. The van der Waals surface area contributed by atoms with Crippen LogP contribution in [0.15, 0.2) is 16.7 Å². The molecular weight excluding hydrogens is 290 g/mol. The first-order chi connectivity index (χ1) is 7.95. The lowest BCUT2D eigenvalue weighted by atomic mass is 10.1. The van der Waals surface area contributed by atoms with Gasteiger partial charge in [-0.25, -0.2) is 4.98 Å². The lowest BCUT2D eigenvalue weighted by Gasteiger charge is -2.20. The molecule has 0 saturated heterocycles. The maximum atomic E-state index is 10.9. The third-order valence-corrected chi connectivity index (χ3v) is 2.79. The number of aliphatic hydroxyl groups excluding tert-OH is 1. The smallest absolute Gasteiger partial charge is 0.312 e. The molecule has 0 aliphatic carbocycles. The highest BCUT2D eigenvalue weighted by molar-refractivity contribution is 9.10. The van der Waals surface area contributed by atoms with Crippen LogP contribution in [0.3, 0.4) is 0 Å². The summed E-state index contributed by atoms with van der Waals surface area (Å²) >= 11 is 3.13. The highest BCUT2D eigenvalue weighted by Gasteiger charge is 2.20. The van der Waals surface area contributed by atoms with E-state index in [1.807, 2.05) is 13.8 Å². The molecule has 0 fully saturated rings. The first-order valence-electron chi connectivity index (χ1n) is 5.13. The molecule has 0 bridgehead atoms. The number of pyridine rings is 1. The first kappa shape index (κ1) is 13.9. The Bertz CT molecular complexity index is 412. The number of aromatic nitrogens is 1. The van der Waals surface area contributed by atoms with Crippen molar-refractivity contribution in [2.45, 2.75) is 19.9 Å². The van der Waals surface area contributed by atoms with Crippen LogP contribution in [0.4, 0.5) is 11.5 Å². The van der Waals surface area contributed by atoms with Crippen LogP contribution in [0.5, 0.6) is 0 Å². The van der Waals surface area contributed by atoms with E-state index in [1.54, 1.807) is 0 Å². The average molecular weight is 304 g/mol. The van der Waals surface area contributed by atoms with Crippen LogP contribution in [0.1, 0.15) is 13.8 Å². The summed E-state index contributed by atoms with van der Waals surface area (Å²) in [5, 5.41) is 22.9. The first-order valence-corrected chi connectivity index (χ1v) is 5.92. The minimum Gasteiger partial charge on any atom is -0.394 e. The minimum atomic E-state index is -0.505. The van der Waals surface area contributed by atoms with Crippen molar-refractivity contribution in [1.82, 2.24) is 4.98 Å².